The van der Waals surface area contributed by atoms with Gasteiger partial charge in [0.15, 0.2) is 5.76 Å². The van der Waals surface area contributed by atoms with Gasteiger partial charge in [0.2, 0.25) is 21.8 Å². The van der Waals surface area contributed by atoms with Crippen LogP contribution in [0.3, 0.4) is 0 Å². The number of thiazole rings is 1. The molecule has 14 heteroatoms. The molecule has 0 saturated carbocycles. The molecule has 2 unspecified atom stereocenters. The zero-order valence-corrected chi connectivity index (χ0v) is 26.3. The Morgan fingerprint density at radius 1 is 1.12 bits per heavy atom. The predicted octanol–water partition coefficient (Wildman–Crippen LogP) is 4.91. The molecule has 0 bridgehead atoms. The Bertz CT molecular complexity index is 1520. The highest BCUT2D eigenvalue weighted by atomic mass is 32.2. The number of anilines is 1. The van der Waals surface area contributed by atoms with Crippen molar-refractivity contribution in [2.24, 2.45) is 0 Å². The second kappa shape index (κ2) is 11.7. The van der Waals surface area contributed by atoms with Crippen molar-refractivity contribution in [2.45, 2.75) is 50.9 Å². The van der Waals surface area contributed by atoms with Crippen LogP contribution in [0.15, 0.2) is 45.6 Å². The number of ether oxygens (including phenoxy) is 2. The van der Waals surface area contributed by atoms with Crippen LogP contribution in [-0.2, 0) is 10.0 Å². The highest BCUT2D eigenvalue weighted by Crippen LogP contribution is 2.40. The van der Waals surface area contributed by atoms with E-state index in [-0.39, 0.29) is 18.3 Å². The minimum Gasteiger partial charge on any atom is -0.494 e. The molecule has 11 nitrogen and oxygen atoms in total. The average Bonchev–Trinajstić information content (AvgIpc) is 3.68. The molecule has 0 aliphatic carbocycles. The highest BCUT2D eigenvalue weighted by Gasteiger charge is 2.40. The van der Waals surface area contributed by atoms with Crippen molar-refractivity contribution in [3.63, 3.8) is 0 Å². The maximum atomic E-state index is 14.3. The summed E-state index contributed by atoms with van der Waals surface area (Å²) in [5, 5.41) is 20.2. The molecule has 216 valence electrons. The SMILES string of the molecule is COc1cccc(OC)c1-n1c(-c2ccc(C)o2)nnc1N(CC[Si](C)(C)C)S(=O)(=O)C(C)C(O)c1cscn1. The van der Waals surface area contributed by atoms with Gasteiger partial charge in [-0.1, -0.05) is 25.7 Å². The van der Waals surface area contributed by atoms with Crippen LogP contribution in [0.2, 0.25) is 25.7 Å². The number of aryl methyl sites for hydroxylation is 1. The molecule has 1 aromatic carbocycles. The highest BCUT2D eigenvalue weighted by molar-refractivity contribution is 7.93. The normalized spacial score (nSPS) is 13.7. The largest absolute Gasteiger partial charge is 0.494 e. The molecule has 0 spiro atoms. The summed E-state index contributed by atoms with van der Waals surface area (Å²) >= 11 is 1.29. The summed E-state index contributed by atoms with van der Waals surface area (Å²) in [4.78, 5) is 4.14. The van der Waals surface area contributed by atoms with E-state index in [9.17, 15) is 13.5 Å². The number of aliphatic hydroxyl groups is 1. The van der Waals surface area contributed by atoms with E-state index in [2.05, 4.69) is 34.8 Å². The number of para-hydroxylation sites is 1. The Hall–Kier alpha value is -3.20. The molecular weight excluding hydrogens is 571 g/mol. The minimum absolute atomic E-state index is 0.0300. The number of hydrogen-bond donors (Lipinski definition) is 1. The van der Waals surface area contributed by atoms with Crippen molar-refractivity contribution in [2.75, 3.05) is 25.1 Å². The first-order chi connectivity index (χ1) is 18.9. The molecule has 40 heavy (non-hydrogen) atoms. The Kier molecular flexibility index (Phi) is 8.73. The van der Waals surface area contributed by atoms with Crippen LogP contribution in [0.1, 0.15) is 24.5 Å². The van der Waals surface area contributed by atoms with Gasteiger partial charge in [-0.05, 0) is 44.2 Å². The molecule has 0 aliphatic rings. The second-order valence-corrected chi connectivity index (χ2v) is 19.1. The topological polar surface area (TPSA) is 133 Å². The lowest BCUT2D eigenvalue weighted by Crippen LogP contribution is -2.44. The van der Waals surface area contributed by atoms with Crippen molar-refractivity contribution >= 4 is 35.4 Å². The Morgan fingerprint density at radius 2 is 1.80 bits per heavy atom. The lowest BCUT2D eigenvalue weighted by Gasteiger charge is -2.30. The number of furan rings is 1. The van der Waals surface area contributed by atoms with E-state index in [4.69, 9.17) is 13.9 Å². The summed E-state index contributed by atoms with van der Waals surface area (Å²) in [5.74, 6) is 2.18. The first-order valence-electron chi connectivity index (χ1n) is 12.7. The fraction of sp³-hybridized carbons (Fsp3) is 0.423. The smallest absolute Gasteiger partial charge is 0.246 e. The van der Waals surface area contributed by atoms with E-state index >= 15 is 0 Å². The summed E-state index contributed by atoms with van der Waals surface area (Å²) in [6.07, 6.45) is -1.34. The van der Waals surface area contributed by atoms with Gasteiger partial charge in [0.1, 0.15) is 34.3 Å². The van der Waals surface area contributed by atoms with Gasteiger partial charge in [0.05, 0.1) is 25.4 Å². The van der Waals surface area contributed by atoms with Crippen molar-refractivity contribution in [3.05, 3.63) is 52.7 Å². The van der Waals surface area contributed by atoms with Crippen LogP contribution < -0.4 is 13.8 Å². The maximum Gasteiger partial charge on any atom is 0.246 e. The van der Waals surface area contributed by atoms with Crippen LogP contribution in [0.25, 0.3) is 17.3 Å². The first kappa shape index (κ1) is 29.8. The maximum absolute atomic E-state index is 14.3. The first-order valence-corrected chi connectivity index (χ1v) is 18.9. The lowest BCUT2D eigenvalue weighted by molar-refractivity contribution is 0.171. The van der Waals surface area contributed by atoms with Crippen LogP contribution >= 0.6 is 11.3 Å². The fourth-order valence-electron chi connectivity index (χ4n) is 4.16. The standard InChI is InChI=1S/C26H35N5O6S2Si/c1-17-11-12-22(37-17)25-28-29-26(31(25)23-20(35-3)9-8-10-21(23)36-4)30(13-14-40(5,6)7)39(33,34)18(2)24(32)19-15-38-16-27-19/h8-12,15-16,18,24,32H,13-14H2,1-7H3. The van der Waals surface area contributed by atoms with E-state index in [0.717, 1.165) is 0 Å². The molecule has 4 rings (SSSR count). The van der Waals surface area contributed by atoms with Crippen molar-refractivity contribution in [1.29, 1.82) is 0 Å². The van der Waals surface area contributed by atoms with Crippen molar-refractivity contribution < 1.29 is 27.4 Å². The molecule has 3 heterocycles. The number of nitrogens with zero attached hydrogens (tertiary/aromatic N) is 5. The van der Waals surface area contributed by atoms with E-state index in [1.165, 1.54) is 36.8 Å². The number of aliphatic hydroxyl groups excluding tert-OH is 1. The van der Waals surface area contributed by atoms with Gasteiger partial charge in [-0.3, -0.25) is 4.57 Å². The zero-order valence-electron chi connectivity index (χ0n) is 23.7. The number of hydrogen-bond acceptors (Lipinski definition) is 10. The molecule has 0 fully saturated rings. The molecule has 0 aliphatic heterocycles. The quantitative estimate of drug-likeness (QED) is 0.224. The van der Waals surface area contributed by atoms with Crippen molar-refractivity contribution in [3.8, 4) is 28.8 Å². The van der Waals surface area contributed by atoms with Crippen LogP contribution in [0.5, 0.6) is 11.5 Å². The summed E-state index contributed by atoms with van der Waals surface area (Å²) in [7, 11) is -2.90. The summed E-state index contributed by atoms with van der Waals surface area (Å²) in [5.41, 5.74) is 2.27. The van der Waals surface area contributed by atoms with E-state index in [1.54, 1.807) is 52.7 Å². The number of methoxy groups -OCH3 is 2. The molecule has 2 atom stereocenters. The lowest BCUT2D eigenvalue weighted by atomic mass is 10.2. The van der Waals surface area contributed by atoms with Crippen LogP contribution in [-0.4, -0.2) is 67.4 Å². The van der Waals surface area contributed by atoms with Crippen LogP contribution in [0.4, 0.5) is 5.95 Å². The number of rotatable bonds is 12. The van der Waals surface area contributed by atoms with Crippen molar-refractivity contribution in [1.82, 2.24) is 19.7 Å². The van der Waals surface area contributed by atoms with E-state index in [0.29, 0.717) is 40.4 Å². The third kappa shape index (κ3) is 5.94. The molecule has 4 aromatic rings. The summed E-state index contributed by atoms with van der Waals surface area (Å²) in [6, 6.07) is 9.43. The number of benzene rings is 1. The Balaban J connectivity index is 1.98. The molecule has 0 radical (unpaired) electrons. The predicted molar refractivity (Wildman–Crippen MR) is 158 cm³/mol. The van der Waals surface area contributed by atoms with Gasteiger partial charge < -0.3 is 19.0 Å². The third-order valence-corrected chi connectivity index (χ3v) is 11.0. The molecule has 0 saturated heterocycles. The van der Waals surface area contributed by atoms with Gasteiger partial charge >= 0.3 is 0 Å². The van der Waals surface area contributed by atoms with Gasteiger partial charge in [-0.15, -0.1) is 21.5 Å². The zero-order chi connectivity index (χ0) is 29.2. The van der Waals surface area contributed by atoms with Gasteiger partial charge in [0, 0.05) is 20.0 Å². The minimum atomic E-state index is -4.20. The van der Waals surface area contributed by atoms with E-state index in [1.807, 2.05) is 0 Å². The Morgan fingerprint density at radius 3 is 2.33 bits per heavy atom. The molecule has 1 N–H and O–H groups in total. The monoisotopic (exact) mass is 605 g/mol. The molecular formula is C26H35N5O6S2Si. The Labute approximate surface area is 239 Å². The fourth-order valence-corrected chi connectivity index (χ4v) is 7.36. The van der Waals surface area contributed by atoms with Gasteiger partial charge in [-0.25, -0.2) is 17.7 Å². The molecule has 3 aromatic heterocycles. The van der Waals surface area contributed by atoms with Gasteiger partial charge in [0.25, 0.3) is 0 Å². The van der Waals surface area contributed by atoms with Crippen LogP contribution in [0, 0.1) is 6.92 Å². The van der Waals surface area contributed by atoms with E-state index < -0.39 is 29.5 Å². The number of sulfonamides is 1. The van der Waals surface area contributed by atoms with Gasteiger partial charge in [-0.2, -0.15) is 0 Å². The second-order valence-electron chi connectivity index (χ2n) is 10.6. The average molecular weight is 606 g/mol. The third-order valence-electron chi connectivity index (χ3n) is 6.50. The summed E-state index contributed by atoms with van der Waals surface area (Å²) in [6.45, 7) is 9.91. The number of aromatic nitrogens is 4. The molecule has 0 amide bonds. The summed E-state index contributed by atoms with van der Waals surface area (Å²) < 4.78 is 48.7.